The zero-order valence-corrected chi connectivity index (χ0v) is 36.9. The van der Waals surface area contributed by atoms with Crippen LogP contribution in [0.3, 0.4) is 0 Å². The molecule has 3 aromatic rings. The molecule has 1 heterocycles. The molecule has 0 amide bonds. The number of halogens is 8. The Labute approximate surface area is 378 Å². The highest BCUT2D eigenvalue weighted by Crippen LogP contribution is 2.29. The highest BCUT2D eigenvalue weighted by molar-refractivity contribution is 6.36. The molecular formula is C43H54ClF7N4O10. The number of hydrogen-bond acceptors (Lipinski definition) is 13. The van der Waals surface area contributed by atoms with Gasteiger partial charge in [0.1, 0.15) is 6.61 Å². The van der Waals surface area contributed by atoms with Crippen LogP contribution in [0.2, 0.25) is 0 Å². The van der Waals surface area contributed by atoms with E-state index in [1.54, 1.807) is 43.3 Å². The van der Waals surface area contributed by atoms with Crippen LogP contribution in [0, 0.1) is 0 Å². The van der Waals surface area contributed by atoms with Gasteiger partial charge in [-0.05, 0) is 52.0 Å². The van der Waals surface area contributed by atoms with Gasteiger partial charge in [0.15, 0.2) is 5.69 Å². The van der Waals surface area contributed by atoms with Gasteiger partial charge in [-0.1, -0.05) is 66.7 Å². The molecular weight excluding hydrogens is 901 g/mol. The van der Waals surface area contributed by atoms with Crippen LogP contribution in [-0.2, 0) is 48.8 Å². The molecule has 0 aliphatic carbocycles. The fraction of sp³-hybridized carbons (Fsp3) is 0.349. The minimum absolute atomic E-state index is 0.0209. The Hall–Kier alpha value is -6.48. The number of nitrogen functional groups attached to an aromatic ring is 2. The van der Waals surface area contributed by atoms with Gasteiger partial charge in [-0.2, -0.15) is 26.3 Å². The summed E-state index contributed by atoms with van der Waals surface area (Å²) in [5.41, 5.74) is 11.2. The van der Waals surface area contributed by atoms with Gasteiger partial charge in [-0.25, -0.2) is 19.4 Å². The van der Waals surface area contributed by atoms with E-state index in [4.69, 9.17) is 29.2 Å². The van der Waals surface area contributed by atoms with Crippen LogP contribution in [0.15, 0.2) is 116 Å². The highest BCUT2D eigenvalue weighted by atomic mass is 35.5. The van der Waals surface area contributed by atoms with Gasteiger partial charge in [-0.3, -0.25) is 14.0 Å². The molecule has 0 spiro atoms. The molecule has 5 N–H and O–H groups in total. The minimum atomic E-state index is -3.70. The Kier molecular flexibility index (Phi) is 31.7. The van der Waals surface area contributed by atoms with Crippen molar-refractivity contribution < 1.29 is 75.0 Å². The Balaban J connectivity index is -0.000000752. The van der Waals surface area contributed by atoms with Crippen molar-refractivity contribution in [2.75, 3.05) is 51.7 Å². The molecule has 0 bridgehead atoms. The van der Waals surface area contributed by atoms with Gasteiger partial charge in [-0.15, -0.1) is 19.7 Å². The summed E-state index contributed by atoms with van der Waals surface area (Å²) in [6.45, 7) is 19.3. The largest absolute Gasteiger partial charge is 0.479 e. The van der Waals surface area contributed by atoms with Gasteiger partial charge < -0.3 is 40.1 Å². The summed E-state index contributed by atoms with van der Waals surface area (Å²) in [7, 11) is -1.00. The number of ether oxygens (including phenoxy) is 5. The lowest BCUT2D eigenvalue weighted by molar-refractivity contribution is -0.165. The maximum absolute atomic E-state index is 13.6. The predicted octanol–water partition coefficient (Wildman–Crippen LogP) is 8.93. The summed E-state index contributed by atoms with van der Waals surface area (Å²) in [4.78, 5) is 60.7. The summed E-state index contributed by atoms with van der Waals surface area (Å²) in [5, 5.41) is -1.40. The molecule has 2 aromatic carbocycles. The van der Waals surface area contributed by atoms with E-state index in [0.29, 0.717) is 29.0 Å². The topological polar surface area (TPSA) is 212 Å². The van der Waals surface area contributed by atoms with Crippen molar-refractivity contribution in [3.63, 3.8) is 0 Å². The number of carbonyl (C=O) groups excluding carboxylic acids is 4. The summed E-state index contributed by atoms with van der Waals surface area (Å²) in [5.74, 6) is -13.1. The Morgan fingerprint density at radius 2 is 1.26 bits per heavy atom. The number of aromatic nitrogens is 2. The lowest BCUT2D eigenvalue weighted by Gasteiger charge is -2.19. The fourth-order valence-electron chi connectivity index (χ4n) is 3.75. The smallest absolute Gasteiger partial charge is 0.381 e. The number of nitrogens with two attached hydrogens (primary N) is 2. The number of allylic oxidation sites excluding steroid dienone is 2. The molecule has 1 atom stereocenters. The van der Waals surface area contributed by atoms with Crippen molar-refractivity contribution in [3.8, 4) is 0 Å². The summed E-state index contributed by atoms with van der Waals surface area (Å²) in [6.07, 6.45) is 1.04. The molecule has 362 valence electrons. The maximum atomic E-state index is 13.6. The first-order chi connectivity index (χ1) is 30.9. The van der Waals surface area contributed by atoms with Crippen LogP contribution in [0.5, 0.6) is 0 Å². The van der Waals surface area contributed by atoms with E-state index in [-0.39, 0.29) is 26.4 Å². The number of Topliss-reactive ketones (excluding diaryl/α,β-unsaturated/α-hetero) is 1. The first-order valence-corrected chi connectivity index (χ1v) is 19.0. The fourth-order valence-corrected chi connectivity index (χ4v) is 3.87. The molecule has 0 saturated heterocycles. The average molecular weight is 956 g/mol. The van der Waals surface area contributed by atoms with Crippen molar-refractivity contribution >= 4 is 57.7 Å². The second-order valence-corrected chi connectivity index (χ2v) is 12.4. The molecule has 3 rings (SSSR count). The number of rotatable bonds is 18. The number of alkyl halides is 6. The van der Waals surface area contributed by atoms with Crippen molar-refractivity contribution in [2.45, 2.75) is 57.4 Å². The first kappa shape index (κ1) is 60.6. The number of hydrogen-bond donors (Lipinski definition) is 3. The van der Waals surface area contributed by atoms with Crippen LogP contribution in [0.25, 0.3) is 11.0 Å². The predicted molar refractivity (Wildman–Crippen MR) is 234 cm³/mol. The molecule has 1 unspecified atom stereocenters. The number of anilines is 2. The van der Waals surface area contributed by atoms with E-state index in [1.807, 2.05) is 12.1 Å². The second-order valence-electron chi connectivity index (χ2n) is 11.7. The van der Waals surface area contributed by atoms with Crippen molar-refractivity contribution in [3.05, 3.63) is 127 Å². The van der Waals surface area contributed by atoms with E-state index < -0.39 is 83.7 Å². The quantitative estimate of drug-likeness (QED) is 0.0125. The average Bonchev–Trinajstić information content (AvgIpc) is 3.25. The number of aromatic amines is 1. The maximum Gasteiger partial charge on any atom is 0.381 e. The molecule has 14 nitrogen and oxygen atoms in total. The zero-order valence-electron chi connectivity index (χ0n) is 37.1. The number of H-pyrrole nitrogens is 1. The number of nitrogens with one attached hydrogen (secondary N) is 1. The number of carbonyl (C=O) groups is 4. The number of para-hydroxylation sites is 4. The lowest BCUT2D eigenvalue weighted by Crippen LogP contribution is -2.35. The molecule has 0 saturated carbocycles. The number of benzene rings is 2. The van der Waals surface area contributed by atoms with Crippen molar-refractivity contribution in [1.82, 2.24) is 9.97 Å². The van der Waals surface area contributed by atoms with Gasteiger partial charge in [0, 0.05) is 12.8 Å². The summed E-state index contributed by atoms with van der Waals surface area (Å²) in [6, 6.07) is 13.8. The van der Waals surface area contributed by atoms with Crippen LogP contribution >= 0.6 is 11.6 Å². The number of esters is 3. The molecule has 1 aromatic heterocycles. The third kappa shape index (κ3) is 25.4. The van der Waals surface area contributed by atoms with Gasteiger partial charge >= 0.3 is 35.7 Å². The van der Waals surface area contributed by atoms with E-state index in [9.17, 15) is 54.7 Å². The SMILES string of the molecule is C=CCC(F)(F)C(=O)C(=O)OCC.C=CCC(F)(F)c1nc2ccccc2[nH]c1=O.C=CCOC(C(=O)OCC)=C(F)F.C=CCOC(C)(Cl)C(=O)OCC.Nc1ccccc1N.[2H]CF. The summed E-state index contributed by atoms with van der Waals surface area (Å²) >= 11 is 5.70. The van der Waals surface area contributed by atoms with Crippen molar-refractivity contribution in [1.29, 1.82) is 0 Å². The Morgan fingerprint density at radius 1 is 0.785 bits per heavy atom. The molecule has 65 heavy (non-hydrogen) atoms. The third-order valence-electron chi connectivity index (χ3n) is 6.63. The van der Waals surface area contributed by atoms with Gasteiger partial charge in [0.05, 0.1) is 57.4 Å². The van der Waals surface area contributed by atoms with E-state index in [2.05, 4.69) is 55.2 Å². The van der Waals surface area contributed by atoms with Crippen LogP contribution in [-0.4, -0.2) is 84.8 Å². The monoisotopic (exact) mass is 955 g/mol. The molecule has 0 aliphatic rings. The van der Waals surface area contributed by atoms with Crippen LogP contribution in [0.1, 0.15) is 47.6 Å². The Morgan fingerprint density at radius 3 is 1.71 bits per heavy atom. The second kappa shape index (κ2) is 34.0. The van der Waals surface area contributed by atoms with Crippen LogP contribution in [0.4, 0.5) is 42.1 Å². The van der Waals surface area contributed by atoms with Gasteiger partial charge in [0.25, 0.3) is 17.2 Å². The first-order valence-electron chi connectivity index (χ1n) is 19.3. The molecule has 22 heteroatoms. The minimum Gasteiger partial charge on any atom is -0.479 e. The van der Waals surface area contributed by atoms with Crippen molar-refractivity contribution in [2.24, 2.45) is 0 Å². The van der Waals surface area contributed by atoms with Gasteiger partial charge in [0.2, 0.25) is 5.06 Å². The standard InChI is InChI=1S/C12H10F2N2O.C8H13ClO3.2C8H10F2O3.C6H8N2.CH3F/c1-2-7-12(13,14)10-11(17)16-9-6-4-3-5-8(9)15-10;1-4-6-12-8(3,9)7(10)11-5-2;1-3-5-13-6(7(9)10)8(11)12-4-2;1-3-5-8(9,10)6(11)7(12)13-4-2;7-5-3-1-2-4-6(5)8;1-2/h2-6H,1,7H2,(H,16,17);4H,1,5-6H2,2-3H3;2*3H,1,4-5H2,2H3;1-4H,7-8H2;1H3/i;;;;;1D. The Bertz CT molecular complexity index is 2070. The van der Waals surface area contributed by atoms with Crippen LogP contribution < -0.4 is 17.0 Å². The number of fused-ring (bicyclic) bond motifs is 1. The van der Waals surface area contributed by atoms with E-state index in [0.717, 1.165) is 12.2 Å². The molecule has 0 aliphatic heterocycles. The zero-order chi connectivity index (χ0) is 51.5. The number of ketones is 1. The molecule has 0 fully saturated rings. The highest BCUT2D eigenvalue weighted by Gasteiger charge is 2.42. The summed E-state index contributed by atoms with van der Waals surface area (Å²) < 4.78 is 115. The normalized spacial score (nSPS) is 11.1. The van der Waals surface area contributed by atoms with E-state index >= 15 is 0 Å². The van der Waals surface area contributed by atoms with E-state index in [1.165, 1.54) is 32.9 Å². The third-order valence-corrected chi connectivity index (χ3v) is 6.89. The number of nitrogens with zero attached hydrogens (tertiary/aromatic N) is 1. The molecule has 0 radical (unpaired) electrons. The lowest BCUT2D eigenvalue weighted by atomic mass is 10.1.